The molecule has 1 aliphatic heterocycles. The Balaban J connectivity index is 2.23. The Kier molecular flexibility index (Phi) is 3.74. The average Bonchev–Trinajstić information content (AvgIpc) is 2.34. The van der Waals surface area contributed by atoms with Gasteiger partial charge in [-0.2, -0.15) is 0 Å². The minimum Gasteiger partial charge on any atom is -0.395 e. The molecular weight excluding hydrogens is 234 g/mol. The molecule has 0 spiro atoms. The number of fused-ring (bicyclic) bond motifs is 1. The Bertz CT molecular complexity index is 433. The first-order chi connectivity index (χ1) is 8.11. The summed E-state index contributed by atoms with van der Waals surface area (Å²) in [5, 5.41) is 9.24. The minimum atomic E-state index is 0.181. The Morgan fingerprint density at radius 2 is 2.24 bits per heavy atom. The van der Waals surface area contributed by atoms with Crippen molar-refractivity contribution >= 4 is 23.4 Å². The molecule has 0 saturated carbocycles. The molecule has 3 nitrogen and oxygen atoms in total. The average molecular weight is 251 g/mol. The number of rotatable bonds is 3. The molecule has 1 aromatic carbocycles. The zero-order chi connectivity index (χ0) is 12.4. The molecule has 0 aromatic heterocycles. The Morgan fingerprint density at radius 3 is 2.94 bits per heavy atom. The van der Waals surface area contributed by atoms with E-state index in [0.717, 1.165) is 17.0 Å². The molecule has 1 N–H and O–H groups in total. The second kappa shape index (κ2) is 5.10. The Hall–Kier alpha value is -1.00. The van der Waals surface area contributed by atoms with Gasteiger partial charge in [0.05, 0.1) is 6.61 Å². The van der Waals surface area contributed by atoms with Crippen LogP contribution in [-0.2, 0) is 11.2 Å². The number of carbonyl (C=O) groups excluding carboxylic acids is 1. The highest BCUT2D eigenvalue weighted by Gasteiger charge is 2.20. The molecule has 1 atom stereocenters. The van der Waals surface area contributed by atoms with Crippen molar-refractivity contribution in [3.8, 4) is 0 Å². The molecule has 0 fully saturated rings. The number of aryl methyl sites for hydroxylation is 1. The summed E-state index contributed by atoms with van der Waals surface area (Å²) in [7, 11) is 1.82. The molecular formula is C13H17NO2S. The third-order valence-corrected chi connectivity index (χ3v) is 4.07. The van der Waals surface area contributed by atoms with Crippen molar-refractivity contribution in [2.45, 2.75) is 29.9 Å². The number of hydrogen-bond acceptors (Lipinski definition) is 3. The molecule has 0 saturated heterocycles. The van der Waals surface area contributed by atoms with Gasteiger partial charge in [0.1, 0.15) is 0 Å². The van der Waals surface area contributed by atoms with E-state index in [-0.39, 0.29) is 17.8 Å². The van der Waals surface area contributed by atoms with Crippen LogP contribution in [0.4, 0.5) is 5.69 Å². The fourth-order valence-corrected chi connectivity index (χ4v) is 2.87. The highest BCUT2D eigenvalue weighted by Crippen LogP contribution is 2.32. The van der Waals surface area contributed by atoms with Crippen molar-refractivity contribution in [1.82, 2.24) is 0 Å². The summed E-state index contributed by atoms with van der Waals surface area (Å²) < 4.78 is 0. The van der Waals surface area contributed by atoms with E-state index in [1.54, 1.807) is 16.7 Å². The van der Waals surface area contributed by atoms with Crippen molar-refractivity contribution in [3.63, 3.8) is 0 Å². The van der Waals surface area contributed by atoms with E-state index < -0.39 is 0 Å². The van der Waals surface area contributed by atoms with Crippen LogP contribution in [0.2, 0.25) is 0 Å². The second-order valence-electron chi connectivity index (χ2n) is 4.35. The largest absolute Gasteiger partial charge is 0.395 e. The number of aliphatic hydroxyl groups is 1. The molecule has 4 heteroatoms. The van der Waals surface area contributed by atoms with E-state index in [9.17, 15) is 4.79 Å². The number of aliphatic hydroxyl groups excluding tert-OH is 1. The van der Waals surface area contributed by atoms with Gasteiger partial charge in [-0.1, -0.05) is 6.92 Å². The third kappa shape index (κ3) is 2.64. The molecule has 1 heterocycles. The van der Waals surface area contributed by atoms with Gasteiger partial charge in [-0.25, -0.2) is 0 Å². The lowest BCUT2D eigenvalue weighted by Gasteiger charge is -2.26. The Labute approximate surface area is 106 Å². The van der Waals surface area contributed by atoms with E-state index in [4.69, 9.17) is 5.11 Å². The fraction of sp³-hybridized carbons (Fsp3) is 0.462. The van der Waals surface area contributed by atoms with Gasteiger partial charge < -0.3 is 10.0 Å². The van der Waals surface area contributed by atoms with Crippen LogP contribution in [0.25, 0.3) is 0 Å². The van der Waals surface area contributed by atoms with Gasteiger partial charge in [0, 0.05) is 29.3 Å². The molecule has 2 rings (SSSR count). The van der Waals surface area contributed by atoms with E-state index in [1.165, 1.54) is 5.56 Å². The van der Waals surface area contributed by atoms with Gasteiger partial charge in [-0.15, -0.1) is 11.8 Å². The van der Waals surface area contributed by atoms with Crippen LogP contribution in [0.5, 0.6) is 0 Å². The summed E-state index contributed by atoms with van der Waals surface area (Å²) in [6.07, 6.45) is 1.41. The lowest BCUT2D eigenvalue weighted by Crippen LogP contribution is -2.31. The summed E-state index contributed by atoms with van der Waals surface area (Å²) in [4.78, 5) is 14.4. The summed E-state index contributed by atoms with van der Waals surface area (Å²) in [6, 6.07) is 6.15. The predicted molar refractivity (Wildman–Crippen MR) is 70.6 cm³/mol. The van der Waals surface area contributed by atoms with Crippen molar-refractivity contribution in [3.05, 3.63) is 23.8 Å². The van der Waals surface area contributed by atoms with Crippen molar-refractivity contribution in [2.75, 3.05) is 18.6 Å². The van der Waals surface area contributed by atoms with Gasteiger partial charge in [0.25, 0.3) is 0 Å². The van der Waals surface area contributed by atoms with E-state index in [1.807, 2.05) is 26.1 Å². The van der Waals surface area contributed by atoms with Crippen LogP contribution >= 0.6 is 11.8 Å². The highest BCUT2D eigenvalue weighted by atomic mass is 32.2. The van der Waals surface area contributed by atoms with Crippen LogP contribution in [0.1, 0.15) is 18.9 Å². The molecule has 0 aliphatic carbocycles. The maximum atomic E-state index is 11.6. The van der Waals surface area contributed by atoms with Crippen LogP contribution in [0.3, 0.4) is 0 Å². The van der Waals surface area contributed by atoms with Crippen LogP contribution in [0, 0.1) is 0 Å². The first-order valence-corrected chi connectivity index (χ1v) is 6.66. The normalized spacial score (nSPS) is 16.9. The monoisotopic (exact) mass is 251 g/mol. The topological polar surface area (TPSA) is 40.5 Å². The summed E-state index contributed by atoms with van der Waals surface area (Å²) in [6.45, 7) is 2.18. The zero-order valence-corrected chi connectivity index (χ0v) is 11.0. The van der Waals surface area contributed by atoms with Gasteiger partial charge in [0.15, 0.2) is 0 Å². The standard InChI is InChI=1S/C13H17NO2S/c1-9(8-15)17-11-4-5-12-10(7-11)3-6-13(16)14(12)2/h4-5,7,9,15H,3,6,8H2,1-2H3. The lowest BCUT2D eigenvalue weighted by atomic mass is 10.0. The number of carbonyl (C=O) groups is 1. The Morgan fingerprint density at radius 1 is 1.47 bits per heavy atom. The first-order valence-electron chi connectivity index (χ1n) is 5.79. The predicted octanol–water partition coefficient (Wildman–Crippen LogP) is 2.07. The molecule has 17 heavy (non-hydrogen) atoms. The molecule has 0 bridgehead atoms. The van der Waals surface area contributed by atoms with Gasteiger partial charge in [-0.3, -0.25) is 4.79 Å². The lowest BCUT2D eigenvalue weighted by molar-refractivity contribution is -0.118. The summed E-state index contributed by atoms with van der Waals surface area (Å²) >= 11 is 1.66. The van der Waals surface area contributed by atoms with Crippen LogP contribution in [0.15, 0.2) is 23.1 Å². The number of anilines is 1. The van der Waals surface area contributed by atoms with E-state index >= 15 is 0 Å². The zero-order valence-electron chi connectivity index (χ0n) is 10.1. The molecule has 1 amide bonds. The number of hydrogen-bond donors (Lipinski definition) is 1. The quantitative estimate of drug-likeness (QED) is 0.836. The number of amides is 1. The van der Waals surface area contributed by atoms with E-state index in [2.05, 4.69) is 6.07 Å². The molecule has 1 aliphatic rings. The minimum absolute atomic E-state index is 0.181. The summed E-state index contributed by atoms with van der Waals surface area (Å²) in [5.74, 6) is 0.182. The smallest absolute Gasteiger partial charge is 0.227 e. The van der Waals surface area contributed by atoms with Crippen molar-refractivity contribution in [2.24, 2.45) is 0 Å². The molecule has 92 valence electrons. The first kappa shape index (κ1) is 12.5. The van der Waals surface area contributed by atoms with Gasteiger partial charge in [0.2, 0.25) is 5.91 Å². The van der Waals surface area contributed by atoms with Gasteiger partial charge >= 0.3 is 0 Å². The second-order valence-corrected chi connectivity index (χ2v) is 5.87. The van der Waals surface area contributed by atoms with E-state index in [0.29, 0.717) is 6.42 Å². The summed E-state index contributed by atoms with van der Waals surface area (Å²) in [5.41, 5.74) is 2.24. The third-order valence-electron chi connectivity index (χ3n) is 2.99. The molecule has 1 unspecified atom stereocenters. The number of benzene rings is 1. The SMILES string of the molecule is CC(CO)Sc1ccc2c(c1)CCC(=O)N2C. The number of thioether (sulfide) groups is 1. The fourth-order valence-electron chi connectivity index (χ4n) is 1.98. The van der Waals surface area contributed by atoms with Crippen LogP contribution < -0.4 is 4.90 Å². The maximum Gasteiger partial charge on any atom is 0.227 e. The molecule has 0 radical (unpaired) electrons. The highest BCUT2D eigenvalue weighted by molar-refractivity contribution is 8.00. The van der Waals surface area contributed by atoms with Crippen molar-refractivity contribution < 1.29 is 9.90 Å². The van der Waals surface area contributed by atoms with Crippen molar-refractivity contribution in [1.29, 1.82) is 0 Å². The van der Waals surface area contributed by atoms with Crippen LogP contribution in [-0.4, -0.2) is 29.9 Å². The van der Waals surface area contributed by atoms with Gasteiger partial charge in [-0.05, 0) is 30.2 Å². The molecule has 1 aromatic rings. The number of nitrogens with zero attached hydrogens (tertiary/aromatic N) is 1. The maximum absolute atomic E-state index is 11.6.